The maximum atomic E-state index is 11.0. The van der Waals surface area contributed by atoms with Gasteiger partial charge in [-0.1, -0.05) is 6.58 Å². The number of hydrogen-bond donors (Lipinski definition) is 2. The van der Waals surface area contributed by atoms with E-state index in [2.05, 4.69) is 24.1 Å². The zero-order valence-corrected chi connectivity index (χ0v) is 8.98. The van der Waals surface area contributed by atoms with Gasteiger partial charge in [-0.25, -0.2) is 0 Å². The summed E-state index contributed by atoms with van der Waals surface area (Å²) >= 11 is 0. The second-order valence-corrected chi connectivity index (χ2v) is 3.97. The van der Waals surface area contributed by atoms with Crippen molar-refractivity contribution in [3.63, 3.8) is 0 Å². The second-order valence-electron chi connectivity index (χ2n) is 3.97. The number of carbonyl (C=O) groups excluding carboxylic acids is 1. The van der Waals surface area contributed by atoms with Crippen molar-refractivity contribution in [2.24, 2.45) is 0 Å². The Labute approximate surface area is 80.6 Å². The predicted molar refractivity (Wildman–Crippen MR) is 55.6 cm³/mol. The molecule has 0 aromatic heterocycles. The summed E-state index contributed by atoms with van der Waals surface area (Å²) in [4.78, 5) is 11.0. The average Bonchev–Trinajstić information content (AvgIpc) is 2.02. The summed E-state index contributed by atoms with van der Waals surface area (Å²) in [5.41, 5.74) is -0.187. The molecule has 1 atom stereocenters. The third-order valence-corrected chi connectivity index (χ3v) is 1.96. The van der Waals surface area contributed by atoms with Crippen LogP contribution >= 0.6 is 0 Å². The first kappa shape index (κ1) is 12.2. The van der Waals surface area contributed by atoms with Crippen molar-refractivity contribution in [2.75, 3.05) is 7.05 Å². The van der Waals surface area contributed by atoms with Crippen molar-refractivity contribution >= 4 is 5.91 Å². The van der Waals surface area contributed by atoms with Gasteiger partial charge in [-0.3, -0.25) is 4.79 Å². The lowest BCUT2D eigenvalue weighted by molar-refractivity contribution is -0.118. The van der Waals surface area contributed by atoms with Gasteiger partial charge in [0.05, 0.1) is 0 Å². The Balaban J connectivity index is 4.06. The third-order valence-electron chi connectivity index (χ3n) is 1.96. The van der Waals surface area contributed by atoms with Gasteiger partial charge in [0.15, 0.2) is 0 Å². The lowest BCUT2D eigenvalue weighted by Gasteiger charge is -2.28. The molecule has 0 saturated heterocycles. The first-order valence-corrected chi connectivity index (χ1v) is 4.53. The molecule has 0 aliphatic carbocycles. The summed E-state index contributed by atoms with van der Waals surface area (Å²) in [5.74, 6) is -0.117. The van der Waals surface area contributed by atoms with E-state index in [4.69, 9.17) is 0 Å². The SMILES string of the molecule is C=CC(=O)NC(C)(C)CC(C)NC. The molecule has 0 aliphatic heterocycles. The number of carbonyl (C=O) groups is 1. The normalized spacial score (nSPS) is 13.5. The molecule has 1 unspecified atom stereocenters. The highest BCUT2D eigenvalue weighted by Gasteiger charge is 2.21. The molecule has 0 spiro atoms. The standard InChI is InChI=1S/C10H20N2O/c1-6-9(13)12-10(3,4)7-8(2)11-5/h6,8,11H,1,7H2,2-5H3,(H,12,13). The van der Waals surface area contributed by atoms with Gasteiger partial charge in [0, 0.05) is 11.6 Å². The second kappa shape index (κ2) is 5.02. The molecule has 0 aliphatic rings. The van der Waals surface area contributed by atoms with E-state index in [-0.39, 0.29) is 11.4 Å². The minimum atomic E-state index is -0.187. The van der Waals surface area contributed by atoms with Gasteiger partial charge in [0.25, 0.3) is 0 Å². The van der Waals surface area contributed by atoms with Crippen LogP contribution in [0.15, 0.2) is 12.7 Å². The van der Waals surface area contributed by atoms with Gasteiger partial charge in [0.1, 0.15) is 0 Å². The number of nitrogens with one attached hydrogen (secondary N) is 2. The fourth-order valence-corrected chi connectivity index (χ4v) is 1.30. The minimum Gasteiger partial charge on any atom is -0.348 e. The molecular weight excluding hydrogens is 164 g/mol. The number of rotatable bonds is 5. The van der Waals surface area contributed by atoms with E-state index in [1.54, 1.807) is 0 Å². The molecule has 0 bridgehead atoms. The molecular formula is C10H20N2O. The molecule has 3 heteroatoms. The maximum absolute atomic E-state index is 11.0. The van der Waals surface area contributed by atoms with Crippen LogP contribution < -0.4 is 10.6 Å². The minimum absolute atomic E-state index is 0.117. The van der Waals surface area contributed by atoms with Crippen molar-refractivity contribution in [1.29, 1.82) is 0 Å². The van der Waals surface area contributed by atoms with Crippen molar-refractivity contribution in [3.05, 3.63) is 12.7 Å². The quantitative estimate of drug-likeness (QED) is 0.627. The fourth-order valence-electron chi connectivity index (χ4n) is 1.30. The van der Waals surface area contributed by atoms with Crippen LogP contribution in [0.25, 0.3) is 0 Å². The molecule has 0 heterocycles. The van der Waals surface area contributed by atoms with Crippen LogP contribution in [0.5, 0.6) is 0 Å². The van der Waals surface area contributed by atoms with Crippen LogP contribution in [0.1, 0.15) is 27.2 Å². The summed E-state index contributed by atoms with van der Waals surface area (Å²) in [6.07, 6.45) is 2.19. The van der Waals surface area contributed by atoms with E-state index in [9.17, 15) is 4.79 Å². The van der Waals surface area contributed by atoms with Crippen LogP contribution in [0.3, 0.4) is 0 Å². The molecule has 0 radical (unpaired) electrons. The van der Waals surface area contributed by atoms with Crippen molar-refractivity contribution in [3.8, 4) is 0 Å². The van der Waals surface area contributed by atoms with E-state index in [0.717, 1.165) is 6.42 Å². The highest BCUT2D eigenvalue weighted by molar-refractivity contribution is 5.87. The Morgan fingerprint density at radius 1 is 1.62 bits per heavy atom. The Kier molecular flexibility index (Phi) is 4.70. The summed E-state index contributed by atoms with van der Waals surface area (Å²) in [6, 6.07) is 0.389. The summed E-state index contributed by atoms with van der Waals surface area (Å²) < 4.78 is 0. The largest absolute Gasteiger partial charge is 0.348 e. The van der Waals surface area contributed by atoms with E-state index in [0.29, 0.717) is 6.04 Å². The van der Waals surface area contributed by atoms with E-state index in [1.807, 2.05) is 20.9 Å². The number of amides is 1. The molecule has 0 aromatic rings. The van der Waals surface area contributed by atoms with Gasteiger partial charge in [-0.2, -0.15) is 0 Å². The van der Waals surface area contributed by atoms with Gasteiger partial charge >= 0.3 is 0 Å². The average molecular weight is 184 g/mol. The first-order chi connectivity index (χ1) is 5.91. The van der Waals surface area contributed by atoms with Gasteiger partial charge < -0.3 is 10.6 Å². The van der Waals surface area contributed by atoms with Crippen molar-refractivity contribution in [2.45, 2.75) is 38.8 Å². The van der Waals surface area contributed by atoms with Crippen LogP contribution in [-0.4, -0.2) is 24.5 Å². The van der Waals surface area contributed by atoms with Crippen LogP contribution in [-0.2, 0) is 4.79 Å². The molecule has 3 nitrogen and oxygen atoms in total. The maximum Gasteiger partial charge on any atom is 0.243 e. The zero-order chi connectivity index (χ0) is 10.5. The first-order valence-electron chi connectivity index (χ1n) is 4.53. The third kappa shape index (κ3) is 5.42. The highest BCUT2D eigenvalue weighted by Crippen LogP contribution is 2.10. The smallest absolute Gasteiger partial charge is 0.243 e. The lowest BCUT2D eigenvalue weighted by Crippen LogP contribution is -2.46. The van der Waals surface area contributed by atoms with Gasteiger partial charge in [-0.05, 0) is 40.3 Å². The molecule has 1 amide bonds. The molecule has 76 valence electrons. The molecule has 0 aromatic carbocycles. The Morgan fingerprint density at radius 3 is 2.54 bits per heavy atom. The Bertz CT molecular complexity index is 187. The zero-order valence-electron chi connectivity index (χ0n) is 8.98. The number of hydrogen-bond acceptors (Lipinski definition) is 2. The van der Waals surface area contributed by atoms with Crippen LogP contribution in [0.2, 0.25) is 0 Å². The molecule has 0 saturated carbocycles. The Morgan fingerprint density at radius 2 is 2.15 bits per heavy atom. The molecule has 13 heavy (non-hydrogen) atoms. The molecule has 2 N–H and O–H groups in total. The van der Waals surface area contributed by atoms with Gasteiger partial charge in [-0.15, -0.1) is 0 Å². The van der Waals surface area contributed by atoms with E-state index in [1.165, 1.54) is 6.08 Å². The summed E-state index contributed by atoms with van der Waals surface area (Å²) in [6.45, 7) is 9.51. The topological polar surface area (TPSA) is 41.1 Å². The van der Waals surface area contributed by atoms with Crippen LogP contribution in [0, 0.1) is 0 Å². The van der Waals surface area contributed by atoms with Gasteiger partial charge in [0.2, 0.25) is 5.91 Å². The molecule has 0 rings (SSSR count). The molecule has 0 fully saturated rings. The van der Waals surface area contributed by atoms with Crippen LogP contribution in [0.4, 0.5) is 0 Å². The highest BCUT2D eigenvalue weighted by atomic mass is 16.1. The van der Waals surface area contributed by atoms with Crippen molar-refractivity contribution in [1.82, 2.24) is 10.6 Å². The predicted octanol–water partition coefficient (Wildman–Crippen LogP) is 1.07. The van der Waals surface area contributed by atoms with Crippen molar-refractivity contribution < 1.29 is 4.79 Å². The summed E-state index contributed by atoms with van der Waals surface area (Å²) in [5, 5.41) is 6.01. The fraction of sp³-hybridized carbons (Fsp3) is 0.700. The Hall–Kier alpha value is -0.830. The monoisotopic (exact) mass is 184 g/mol. The van der Waals surface area contributed by atoms with E-state index >= 15 is 0 Å². The lowest BCUT2D eigenvalue weighted by atomic mass is 9.96. The summed E-state index contributed by atoms with van der Waals surface area (Å²) in [7, 11) is 1.91. The van der Waals surface area contributed by atoms with E-state index < -0.39 is 0 Å².